The number of benzene rings is 3. The van der Waals surface area contributed by atoms with Crippen molar-refractivity contribution in [3.63, 3.8) is 0 Å². The van der Waals surface area contributed by atoms with Crippen molar-refractivity contribution in [3.8, 4) is 23.0 Å². The van der Waals surface area contributed by atoms with E-state index >= 15 is 0 Å². The molecule has 0 bridgehead atoms. The minimum Gasteiger partial charge on any atom is -0.502 e. The number of methoxy groups -OCH3 is 2. The predicted molar refractivity (Wildman–Crippen MR) is 113 cm³/mol. The molecule has 0 fully saturated rings. The van der Waals surface area contributed by atoms with E-state index in [1.54, 1.807) is 36.4 Å². The molecule has 7 nitrogen and oxygen atoms in total. The van der Waals surface area contributed by atoms with Crippen LogP contribution in [0.25, 0.3) is 0 Å². The van der Waals surface area contributed by atoms with Crippen LogP contribution in [0.2, 0.25) is 0 Å². The summed E-state index contributed by atoms with van der Waals surface area (Å²) >= 11 is 0. The minimum atomic E-state index is -0.362. The van der Waals surface area contributed by atoms with Gasteiger partial charge in [0.15, 0.2) is 11.5 Å². The molecule has 0 aliphatic heterocycles. The van der Waals surface area contributed by atoms with Crippen molar-refractivity contribution < 1.29 is 24.1 Å². The number of nitrogens with zero attached hydrogens (tertiary/aromatic N) is 1. The maximum Gasteiger partial charge on any atom is 0.271 e. The molecule has 0 aliphatic rings. The molecule has 1 amide bonds. The SMILES string of the molecule is COc1cc(/C=N/NC(=O)c2ccc(OCc3ccccc3)cc2)cc(OC)c1O. The van der Waals surface area contributed by atoms with Crippen LogP contribution in [0.1, 0.15) is 21.5 Å². The second-order valence-electron chi connectivity index (χ2n) is 6.27. The lowest BCUT2D eigenvalue weighted by Crippen LogP contribution is -2.17. The van der Waals surface area contributed by atoms with Crippen LogP contribution in [-0.2, 0) is 6.61 Å². The fraction of sp³-hybridized carbons (Fsp3) is 0.130. The van der Waals surface area contributed by atoms with Crippen LogP contribution in [0.5, 0.6) is 23.0 Å². The maximum atomic E-state index is 12.3. The zero-order valence-electron chi connectivity index (χ0n) is 16.7. The average Bonchev–Trinajstić information content (AvgIpc) is 2.79. The lowest BCUT2D eigenvalue weighted by Gasteiger charge is -2.09. The number of amides is 1. The molecule has 0 aromatic heterocycles. The predicted octanol–water partition coefficient (Wildman–Crippen LogP) is 3.75. The number of carbonyl (C=O) groups is 1. The van der Waals surface area contributed by atoms with E-state index in [2.05, 4.69) is 10.5 Å². The molecule has 7 heteroatoms. The van der Waals surface area contributed by atoms with Gasteiger partial charge < -0.3 is 19.3 Å². The molecule has 0 heterocycles. The Morgan fingerprint density at radius 1 is 1.00 bits per heavy atom. The van der Waals surface area contributed by atoms with E-state index in [4.69, 9.17) is 14.2 Å². The molecule has 2 N–H and O–H groups in total. The van der Waals surface area contributed by atoms with Crippen LogP contribution < -0.4 is 19.6 Å². The highest BCUT2D eigenvalue weighted by Crippen LogP contribution is 2.36. The van der Waals surface area contributed by atoms with Crippen LogP contribution in [0.3, 0.4) is 0 Å². The highest BCUT2D eigenvalue weighted by molar-refractivity contribution is 5.95. The zero-order chi connectivity index (χ0) is 21.3. The Morgan fingerprint density at radius 3 is 2.23 bits per heavy atom. The quantitative estimate of drug-likeness (QED) is 0.439. The Balaban J connectivity index is 1.58. The second kappa shape index (κ2) is 9.97. The summed E-state index contributed by atoms with van der Waals surface area (Å²) in [7, 11) is 2.87. The molecular formula is C23H22N2O5. The molecule has 0 radical (unpaired) electrons. The summed E-state index contributed by atoms with van der Waals surface area (Å²) in [6.45, 7) is 0.455. The third-order valence-electron chi connectivity index (χ3n) is 4.25. The van der Waals surface area contributed by atoms with Gasteiger partial charge in [-0.3, -0.25) is 4.79 Å². The summed E-state index contributed by atoms with van der Waals surface area (Å²) in [5.74, 6) is 0.693. The first-order valence-electron chi connectivity index (χ1n) is 9.16. The summed E-state index contributed by atoms with van der Waals surface area (Å²) in [5.41, 5.74) is 4.56. The number of hydrazone groups is 1. The highest BCUT2D eigenvalue weighted by atomic mass is 16.5. The number of hydrogen-bond donors (Lipinski definition) is 2. The standard InChI is InChI=1S/C23H22N2O5/c1-28-20-12-17(13-21(29-2)22(20)26)14-24-25-23(27)18-8-10-19(11-9-18)30-15-16-6-4-3-5-7-16/h3-14,26H,15H2,1-2H3,(H,25,27)/b24-14+. The maximum absolute atomic E-state index is 12.3. The largest absolute Gasteiger partial charge is 0.502 e. The van der Waals surface area contributed by atoms with Crippen LogP contribution in [0.4, 0.5) is 0 Å². The van der Waals surface area contributed by atoms with E-state index in [0.717, 1.165) is 5.56 Å². The number of nitrogens with one attached hydrogen (secondary N) is 1. The topological polar surface area (TPSA) is 89.4 Å². The van der Waals surface area contributed by atoms with Gasteiger partial charge in [-0.1, -0.05) is 30.3 Å². The number of carbonyl (C=O) groups excluding carboxylic acids is 1. The van der Waals surface area contributed by atoms with Crippen LogP contribution in [-0.4, -0.2) is 31.4 Å². The van der Waals surface area contributed by atoms with Gasteiger partial charge in [-0.2, -0.15) is 5.10 Å². The molecule has 0 atom stereocenters. The number of ether oxygens (including phenoxy) is 3. The lowest BCUT2D eigenvalue weighted by molar-refractivity contribution is 0.0955. The van der Waals surface area contributed by atoms with Crippen molar-refractivity contribution >= 4 is 12.1 Å². The van der Waals surface area contributed by atoms with Gasteiger partial charge >= 0.3 is 0 Å². The molecule has 3 aromatic carbocycles. The number of aromatic hydroxyl groups is 1. The van der Waals surface area contributed by atoms with Crippen molar-refractivity contribution in [2.45, 2.75) is 6.61 Å². The molecule has 154 valence electrons. The Morgan fingerprint density at radius 2 is 1.63 bits per heavy atom. The van der Waals surface area contributed by atoms with E-state index < -0.39 is 0 Å². The Kier molecular flexibility index (Phi) is 6.89. The third-order valence-corrected chi connectivity index (χ3v) is 4.25. The van der Waals surface area contributed by atoms with Gasteiger partial charge in [0.25, 0.3) is 5.91 Å². The van der Waals surface area contributed by atoms with Crippen LogP contribution in [0, 0.1) is 0 Å². The Labute approximate surface area is 174 Å². The first-order chi connectivity index (χ1) is 14.6. The van der Waals surface area contributed by atoms with Crippen molar-refractivity contribution in [1.29, 1.82) is 0 Å². The van der Waals surface area contributed by atoms with E-state index in [9.17, 15) is 9.90 Å². The molecule has 30 heavy (non-hydrogen) atoms. The molecule has 0 aliphatic carbocycles. The van der Waals surface area contributed by atoms with Gasteiger partial charge in [-0.25, -0.2) is 5.43 Å². The Bertz CT molecular complexity index is 993. The number of rotatable bonds is 8. The van der Waals surface area contributed by atoms with Gasteiger partial charge in [0.05, 0.1) is 20.4 Å². The first-order valence-corrected chi connectivity index (χ1v) is 9.16. The summed E-state index contributed by atoms with van der Waals surface area (Å²) < 4.78 is 15.9. The minimum absolute atomic E-state index is 0.101. The lowest BCUT2D eigenvalue weighted by atomic mass is 10.2. The van der Waals surface area contributed by atoms with E-state index in [1.807, 2.05) is 30.3 Å². The molecule has 0 saturated heterocycles. The van der Waals surface area contributed by atoms with Crippen molar-refractivity contribution in [1.82, 2.24) is 5.43 Å². The fourth-order valence-corrected chi connectivity index (χ4v) is 2.66. The van der Waals surface area contributed by atoms with Crippen molar-refractivity contribution in [2.24, 2.45) is 5.10 Å². The molecule has 0 spiro atoms. The number of phenolic OH excluding ortho intramolecular Hbond substituents is 1. The Hall–Kier alpha value is -4.00. The normalized spacial score (nSPS) is 10.6. The highest BCUT2D eigenvalue weighted by Gasteiger charge is 2.10. The van der Waals surface area contributed by atoms with Crippen LogP contribution >= 0.6 is 0 Å². The van der Waals surface area contributed by atoms with Gasteiger partial charge in [-0.15, -0.1) is 0 Å². The monoisotopic (exact) mass is 406 g/mol. The van der Waals surface area contributed by atoms with Crippen molar-refractivity contribution in [2.75, 3.05) is 14.2 Å². The van der Waals surface area contributed by atoms with Gasteiger partial charge in [0.1, 0.15) is 12.4 Å². The third kappa shape index (κ3) is 5.29. The summed E-state index contributed by atoms with van der Waals surface area (Å²) in [6.07, 6.45) is 1.43. The van der Waals surface area contributed by atoms with Gasteiger partial charge in [-0.05, 0) is 42.0 Å². The molecule has 3 aromatic rings. The van der Waals surface area contributed by atoms with E-state index in [1.165, 1.54) is 20.4 Å². The van der Waals surface area contributed by atoms with Crippen molar-refractivity contribution in [3.05, 3.63) is 83.4 Å². The van der Waals surface area contributed by atoms with Crippen LogP contribution in [0.15, 0.2) is 71.8 Å². The zero-order valence-corrected chi connectivity index (χ0v) is 16.7. The summed E-state index contributed by atoms with van der Waals surface area (Å²) in [6, 6.07) is 19.8. The molecule has 0 unspecified atom stereocenters. The smallest absolute Gasteiger partial charge is 0.271 e. The van der Waals surface area contributed by atoms with Gasteiger partial charge in [0, 0.05) is 11.1 Å². The summed E-state index contributed by atoms with van der Waals surface area (Å²) in [4.78, 5) is 12.3. The molecule has 0 saturated carbocycles. The van der Waals surface area contributed by atoms with Gasteiger partial charge in [0.2, 0.25) is 5.75 Å². The fourth-order valence-electron chi connectivity index (χ4n) is 2.66. The van der Waals surface area contributed by atoms with E-state index in [-0.39, 0.29) is 23.2 Å². The average molecular weight is 406 g/mol. The first kappa shape index (κ1) is 20.7. The molecule has 3 rings (SSSR count). The number of phenols is 1. The summed E-state index contributed by atoms with van der Waals surface area (Å²) in [5, 5.41) is 13.9. The van der Waals surface area contributed by atoms with E-state index in [0.29, 0.717) is 23.5 Å². The second-order valence-corrected chi connectivity index (χ2v) is 6.27. The number of hydrogen-bond acceptors (Lipinski definition) is 6. The molecular weight excluding hydrogens is 384 g/mol.